The number of nitrogens with zero attached hydrogens (tertiary/aromatic N) is 2. The molecule has 0 aliphatic carbocycles. The van der Waals surface area contributed by atoms with Crippen molar-refractivity contribution in [1.82, 2.24) is 15.2 Å². The second-order valence-corrected chi connectivity index (χ2v) is 7.26. The number of carbonyl (C=O) groups excluding carboxylic acids is 1. The fourth-order valence-corrected chi connectivity index (χ4v) is 3.74. The van der Waals surface area contributed by atoms with E-state index in [9.17, 15) is 4.79 Å². The fraction of sp³-hybridized carbons (Fsp3) is 0.750. The van der Waals surface area contributed by atoms with E-state index in [0.717, 1.165) is 43.1 Å². The van der Waals surface area contributed by atoms with Crippen molar-refractivity contribution in [2.45, 2.75) is 59.5 Å². The van der Waals surface area contributed by atoms with Crippen molar-refractivity contribution in [3.63, 3.8) is 0 Å². The van der Waals surface area contributed by atoms with Crippen LogP contribution in [0.1, 0.15) is 49.2 Å². The van der Waals surface area contributed by atoms with Crippen LogP contribution in [-0.4, -0.2) is 34.9 Å². The standard InChI is InChI=1S/C16H27N3OS/c1-5-15-18-12(4)14(21-15)10-17-16(20)13-6-8-19(9-7-13)11(2)3/h11,13H,5-10H2,1-4H3,(H,17,20). The molecule has 1 aliphatic heterocycles. The average molecular weight is 309 g/mol. The van der Waals surface area contributed by atoms with Crippen LogP contribution in [0, 0.1) is 12.8 Å². The van der Waals surface area contributed by atoms with E-state index in [1.165, 1.54) is 4.88 Å². The number of aromatic nitrogens is 1. The van der Waals surface area contributed by atoms with Gasteiger partial charge in [-0.3, -0.25) is 4.79 Å². The quantitative estimate of drug-likeness (QED) is 0.909. The molecule has 5 heteroatoms. The van der Waals surface area contributed by atoms with E-state index in [2.05, 4.69) is 36.0 Å². The highest BCUT2D eigenvalue weighted by Gasteiger charge is 2.25. The Kier molecular flexibility index (Phi) is 5.76. The molecule has 1 fully saturated rings. The minimum atomic E-state index is 0.180. The Labute approximate surface area is 132 Å². The van der Waals surface area contributed by atoms with Crippen molar-refractivity contribution in [2.24, 2.45) is 5.92 Å². The molecule has 1 saturated heterocycles. The second kappa shape index (κ2) is 7.36. The van der Waals surface area contributed by atoms with Crippen molar-refractivity contribution in [1.29, 1.82) is 0 Å². The summed E-state index contributed by atoms with van der Waals surface area (Å²) in [6.45, 7) is 11.3. The van der Waals surface area contributed by atoms with Crippen LogP contribution in [0.25, 0.3) is 0 Å². The lowest BCUT2D eigenvalue weighted by Crippen LogP contribution is -2.42. The van der Waals surface area contributed by atoms with Gasteiger partial charge in [0.1, 0.15) is 0 Å². The Morgan fingerprint density at radius 1 is 1.43 bits per heavy atom. The number of nitrogens with one attached hydrogen (secondary N) is 1. The van der Waals surface area contributed by atoms with Crippen LogP contribution in [0.3, 0.4) is 0 Å². The van der Waals surface area contributed by atoms with Gasteiger partial charge in [0.15, 0.2) is 0 Å². The van der Waals surface area contributed by atoms with Gasteiger partial charge < -0.3 is 10.2 Å². The Morgan fingerprint density at radius 2 is 2.10 bits per heavy atom. The Balaban J connectivity index is 1.81. The molecule has 4 nitrogen and oxygen atoms in total. The number of thiazole rings is 1. The van der Waals surface area contributed by atoms with Gasteiger partial charge >= 0.3 is 0 Å². The highest BCUT2D eigenvalue weighted by atomic mass is 32.1. The van der Waals surface area contributed by atoms with E-state index < -0.39 is 0 Å². The van der Waals surface area contributed by atoms with Crippen LogP contribution in [0.2, 0.25) is 0 Å². The van der Waals surface area contributed by atoms with Crippen molar-refractivity contribution >= 4 is 17.2 Å². The number of likely N-dealkylation sites (tertiary alicyclic amines) is 1. The molecule has 2 rings (SSSR count). The molecular weight excluding hydrogens is 282 g/mol. The maximum Gasteiger partial charge on any atom is 0.223 e. The molecule has 118 valence electrons. The second-order valence-electron chi connectivity index (χ2n) is 6.09. The first-order chi connectivity index (χ1) is 10.0. The topological polar surface area (TPSA) is 45.2 Å². The lowest BCUT2D eigenvalue weighted by molar-refractivity contribution is -0.126. The summed E-state index contributed by atoms with van der Waals surface area (Å²) >= 11 is 1.72. The SMILES string of the molecule is CCc1nc(C)c(CNC(=O)C2CCN(C(C)C)CC2)s1. The zero-order valence-electron chi connectivity index (χ0n) is 13.6. The van der Waals surface area contributed by atoms with Gasteiger partial charge in [-0.15, -0.1) is 11.3 Å². The van der Waals surface area contributed by atoms with Crippen molar-refractivity contribution in [3.05, 3.63) is 15.6 Å². The molecule has 1 amide bonds. The molecule has 0 spiro atoms. The minimum Gasteiger partial charge on any atom is -0.351 e. The summed E-state index contributed by atoms with van der Waals surface area (Å²) in [5, 5.41) is 4.26. The third-order valence-corrected chi connectivity index (χ3v) is 5.59. The van der Waals surface area contributed by atoms with Gasteiger partial charge in [-0.25, -0.2) is 4.98 Å². The summed E-state index contributed by atoms with van der Waals surface area (Å²) in [6, 6.07) is 0.585. The van der Waals surface area contributed by atoms with Crippen LogP contribution in [-0.2, 0) is 17.8 Å². The highest BCUT2D eigenvalue weighted by Crippen LogP contribution is 2.21. The van der Waals surface area contributed by atoms with E-state index in [-0.39, 0.29) is 11.8 Å². The van der Waals surface area contributed by atoms with E-state index in [0.29, 0.717) is 12.6 Å². The summed E-state index contributed by atoms with van der Waals surface area (Å²) in [5.74, 6) is 0.392. The third kappa shape index (κ3) is 4.27. The molecule has 1 N–H and O–H groups in total. The van der Waals surface area contributed by atoms with Crippen molar-refractivity contribution in [2.75, 3.05) is 13.1 Å². The first-order valence-electron chi connectivity index (χ1n) is 7.98. The monoisotopic (exact) mass is 309 g/mol. The largest absolute Gasteiger partial charge is 0.351 e. The summed E-state index contributed by atoms with van der Waals surface area (Å²) in [6.07, 6.45) is 2.92. The van der Waals surface area contributed by atoms with Crippen molar-refractivity contribution < 1.29 is 4.79 Å². The smallest absolute Gasteiger partial charge is 0.223 e. The Bertz CT molecular complexity index is 476. The minimum absolute atomic E-state index is 0.180. The van der Waals surface area contributed by atoms with Crippen molar-refractivity contribution in [3.8, 4) is 0 Å². The number of amides is 1. The zero-order valence-corrected chi connectivity index (χ0v) is 14.4. The molecule has 1 aromatic heterocycles. The number of rotatable bonds is 5. The molecule has 0 saturated carbocycles. The first-order valence-corrected chi connectivity index (χ1v) is 8.79. The molecule has 0 atom stereocenters. The summed E-state index contributed by atoms with van der Waals surface area (Å²) in [4.78, 5) is 20.4. The lowest BCUT2D eigenvalue weighted by atomic mass is 9.95. The maximum atomic E-state index is 12.3. The third-order valence-electron chi connectivity index (χ3n) is 4.29. The predicted octanol–water partition coefficient (Wildman–Crippen LogP) is 2.75. The van der Waals surface area contributed by atoms with Crippen LogP contribution < -0.4 is 5.32 Å². The van der Waals surface area contributed by atoms with Crippen LogP contribution in [0.5, 0.6) is 0 Å². The number of piperidine rings is 1. The molecule has 0 radical (unpaired) electrons. The van der Waals surface area contributed by atoms with Crippen LogP contribution >= 0.6 is 11.3 Å². The number of aryl methyl sites for hydroxylation is 2. The number of hydrogen-bond acceptors (Lipinski definition) is 4. The van der Waals surface area contributed by atoms with Crippen LogP contribution in [0.15, 0.2) is 0 Å². The molecule has 2 heterocycles. The highest BCUT2D eigenvalue weighted by molar-refractivity contribution is 7.11. The Morgan fingerprint density at radius 3 is 2.62 bits per heavy atom. The number of hydrogen-bond donors (Lipinski definition) is 1. The van der Waals surface area contributed by atoms with E-state index in [1.54, 1.807) is 11.3 Å². The summed E-state index contributed by atoms with van der Waals surface area (Å²) < 4.78 is 0. The average Bonchev–Trinajstić information content (AvgIpc) is 2.85. The van der Waals surface area contributed by atoms with Gasteiger partial charge in [0.05, 0.1) is 17.2 Å². The van der Waals surface area contributed by atoms with E-state index >= 15 is 0 Å². The predicted molar refractivity (Wildman–Crippen MR) is 87.5 cm³/mol. The molecule has 21 heavy (non-hydrogen) atoms. The number of carbonyl (C=O) groups is 1. The first kappa shape index (κ1) is 16.4. The van der Waals surface area contributed by atoms with Crippen LogP contribution in [0.4, 0.5) is 0 Å². The zero-order chi connectivity index (χ0) is 15.4. The van der Waals surface area contributed by atoms with Gasteiger partial charge in [-0.05, 0) is 53.1 Å². The molecule has 0 bridgehead atoms. The van der Waals surface area contributed by atoms with Gasteiger partial charge in [0, 0.05) is 16.8 Å². The van der Waals surface area contributed by atoms with E-state index in [1.807, 2.05) is 6.92 Å². The normalized spacial score (nSPS) is 17.4. The fourth-order valence-electron chi connectivity index (χ4n) is 2.79. The molecule has 0 aromatic carbocycles. The molecular formula is C16H27N3OS. The Hall–Kier alpha value is -0.940. The van der Waals surface area contributed by atoms with E-state index in [4.69, 9.17) is 0 Å². The van der Waals surface area contributed by atoms with Gasteiger partial charge in [-0.1, -0.05) is 6.92 Å². The maximum absolute atomic E-state index is 12.3. The molecule has 0 unspecified atom stereocenters. The van der Waals surface area contributed by atoms with Gasteiger partial charge in [0.2, 0.25) is 5.91 Å². The van der Waals surface area contributed by atoms with Gasteiger partial charge in [-0.2, -0.15) is 0 Å². The van der Waals surface area contributed by atoms with Gasteiger partial charge in [0.25, 0.3) is 0 Å². The summed E-state index contributed by atoms with van der Waals surface area (Å²) in [5.41, 5.74) is 1.06. The summed E-state index contributed by atoms with van der Waals surface area (Å²) in [7, 11) is 0. The lowest BCUT2D eigenvalue weighted by Gasteiger charge is -2.33. The molecule has 1 aromatic rings. The molecule has 1 aliphatic rings.